The first-order valence-corrected chi connectivity index (χ1v) is 7.21. The second kappa shape index (κ2) is 6.26. The molecule has 0 amide bonds. The lowest BCUT2D eigenvalue weighted by Gasteiger charge is -2.09. The molecule has 7 heteroatoms. The highest BCUT2D eigenvalue weighted by atomic mass is 35.5. The number of rotatable bonds is 6. The van der Waals surface area contributed by atoms with Crippen molar-refractivity contribution in [2.45, 2.75) is 39.8 Å². The Balaban J connectivity index is 2.46. The van der Waals surface area contributed by atoms with Crippen LogP contribution in [-0.2, 0) is 29.0 Å². The Kier molecular flexibility index (Phi) is 4.65. The molecule has 0 saturated carbocycles. The van der Waals surface area contributed by atoms with Gasteiger partial charge in [0, 0.05) is 25.4 Å². The zero-order valence-electron chi connectivity index (χ0n) is 12.0. The number of halogens is 1. The third-order valence-electron chi connectivity index (χ3n) is 3.26. The monoisotopic (exact) mass is 298 g/mol. The fourth-order valence-corrected chi connectivity index (χ4v) is 2.47. The number of nitrogens with zero attached hydrogens (tertiary/aromatic N) is 4. The van der Waals surface area contributed by atoms with Gasteiger partial charge in [0.15, 0.2) is 5.65 Å². The molecule has 0 N–H and O–H groups in total. The largest absolute Gasteiger partial charge is 0.469 e. The number of hydrogen-bond acceptors (Lipinski definition) is 4. The van der Waals surface area contributed by atoms with Gasteiger partial charge >= 0.3 is 5.97 Å². The standard InChI is InChI=1S/C13H19ClN4O2/c1-4-18-13-12(9(2)16-18)15-10(5-7-14)17(13)8-6-11(19)20-3/h4-8H2,1-3H3. The lowest BCUT2D eigenvalue weighted by atomic mass is 10.4. The molecule has 0 spiro atoms. The van der Waals surface area contributed by atoms with Gasteiger partial charge in [0.2, 0.25) is 0 Å². The molecule has 0 fully saturated rings. The van der Waals surface area contributed by atoms with Gasteiger partial charge in [0.25, 0.3) is 0 Å². The summed E-state index contributed by atoms with van der Waals surface area (Å²) in [7, 11) is 1.39. The van der Waals surface area contributed by atoms with Crippen molar-refractivity contribution in [1.82, 2.24) is 19.3 Å². The van der Waals surface area contributed by atoms with E-state index in [2.05, 4.69) is 10.1 Å². The van der Waals surface area contributed by atoms with Crippen LogP contribution in [0.2, 0.25) is 0 Å². The maximum absolute atomic E-state index is 11.4. The van der Waals surface area contributed by atoms with E-state index in [1.54, 1.807) is 0 Å². The van der Waals surface area contributed by atoms with Crippen molar-refractivity contribution < 1.29 is 9.53 Å². The van der Waals surface area contributed by atoms with E-state index in [-0.39, 0.29) is 5.97 Å². The molecule has 0 saturated heterocycles. The van der Waals surface area contributed by atoms with Crippen molar-refractivity contribution in [1.29, 1.82) is 0 Å². The summed E-state index contributed by atoms with van der Waals surface area (Å²) in [5.74, 6) is 1.15. The topological polar surface area (TPSA) is 61.9 Å². The van der Waals surface area contributed by atoms with Crippen LogP contribution >= 0.6 is 11.6 Å². The summed E-state index contributed by atoms with van der Waals surface area (Å²) < 4.78 is 8.64. The molecule has 0 radical (unpaired) electrons. The minimum absolute atomic E-state index is 0.233. The zero-order chi connectivity index (χ0) is 14.7. The first-order chi connectivity index (χ1) is 9.62. The molecular formula is C13H19ClN4O2. The number of aryl methyl sites for hydroxylation is 4. The summed E-state index contributed by atoms with van der Waals surface area (Å²) in [5.41, 5.74) is 2.74. The van der Waals surface area contributed by atoms with E-state index in [1.165, 1.54) is 7.11 Å². The average Bonchev–Trinajstić information content (AvgIpc) is 2.95. The fraction of sp³-hybridized carbons (Fsp3) is 0.615. The van der Waals surface area contributed by atoms with Gasteiger partial charge in [-0.3, -0.25) is 4.79 Å². The molecule has 0 atom stereocenters. The first-order valence-electron chi connectivity index (χ1n) is 6.67. The maximum Gasteiger partial charge on any atom is 0.307 e. The van der Waals surface area contributed by atoms with Crippen LogP contribution in [0, 0.1) is 6.92 Å². The van der Waals surface area contributed by atoms with Crippen LogP contribution in [0.15, 0.2) is 0 Å². The molecule has 0 aromatic carbocycles. The van der Waals surface area contributed by atoms with Gasteiger partial charge in [0.1, 0.15) is 11.3 Å². The van der Waals surface area contributed by atoms with Crippen molar-refractivity contribution in [3.05, 3.63) is 11.5 Å². The van der Waals surface area contributed by atoms with Gasteiger partial charge in [-0.2, -0.15) is 5.10 Å². The number of fused-ring (bicyclic) bond motifs is 1. The maximum atomic E-state index is 11.4. The van der Waals surface area contributed by atoms with Crippen molar-refractivity contribution in [3.63, 3.8) is 0 Å². The van der Waals surface area contributed by atoms with Crippen LogP contribution < -0.4 is 0 Å². The molecule has 0 unspecified atom stereocenters. The van der Waals surface area contributed by atoms with E-state index in [0.29, 0.717) is 25.3 Å². The number of esters is 1. The van der Waals surface area contributed by atoms with Gasteiger partial charge < -0.3 is 9.30 Å². The van der Waals surface area contributed by atoms with Gasteiger partial charge in [-0.1, -0.05) is 0 Å². The van der Waals surface area contributed by atoms with Crippen LogP contribution in [0.4, 0.5) is 0 Å². The molecular weight excluding hydrogens is 280 g/mol. The molecule has 20 heavy (non-hydrogen) atoms. The summed E-state index contributed by atoms with van der Waals surface area (Å²) in [4.78, 5) is 16.0. The van der Waals surface area contributed by atoms with Gasteiger partial charge in [-0.15, -0.1) is 11.6 Å². The molecule has 0 bridgehead atoms. The molecule has 0 aliphatic heterocycles. The lowest BCUT2D eigenvalue weighted by molar-refractivity contribution is -0.140. The van der Waals surface area contributed by atoms with Crippen LogP contribution in [-0.4, -0.2) is 38.3 Å². The fourth-order valence-electron chi connectivity index (χ4n) is 2.31. The van der Waals surface area contributed by atoms with Crippen LogP contribution in [0.3, 0.4) is 0 Å². The van der Waals surface area contributed by atoms with Crippen molar-refractivity contribution in [2.24, 2.45) is 0 Å². The second-order valence-corrected chi connectivity index (χ2v) is 4.90. The van der Waals surface area contributed by atoms with E-state index >= 15 is 0 Å². The van der Waals surface area contributed by atoms with Crippen molar-refractivity contribution in [3.8, 4) is 0 Å². The molecule has 110 valence electrons. The predicted molar refractivity (Wildman–Crippen MR) is 77.0 cm³/mol. The predicted octanol–water partition coefficient (Wildman–Crippen LogP) is 1.91. The number of methoxy groups -OCH3 is 1. The molecule has 2 aromatic rings. The minimum Gasteiger partial charge on any atom is -0.469 e. The highest BCUT2D eigenvalue weighted by Crippen LogP contribution is 2.21. The molecule has 2 aromatic heterocycles. The lowest BCUT2D eigenvalue weighted by Crippen LogP contribution is -2.13. The Morgan fingerprint density at radius 2 is 2.20 bits per heavy atom. The Morgan fingerprint density at radius 3 is 2.80 bits per heavy atom. The third-order valence-corrected chi connectivity index (χ3v) is 3.45. The van der Waals surface area contributed by atoms with Crippen LogP contribution in [0.25, 0.3) is 11.2 Å². The highest BCUT2D eigenvalue weighted by Gasteiger charge is 2.18. The quantitative estimate of drug-likeness (QED) is 0.604. The summed E-state index contributed by atoms with van der Waals surface area (Å²) in [6, 6.07) is 0. The second-order valence-electron chi connectivity index (χ2n) is 4.52. The molecule has 6 nitrogen and oxygen atoms in total. The van der Waals surface area contributed by atoms with E-state index in [9.17, 15) is 4.79 Å². The summed E-state index contributed by atoms with van der Waals surface area (Å²) >= 11 is 5.84. The van der Waals surface area contributed by atoms with E-state index < -0.39 is 0 Å². The number of carbonyl (C=O) groups excluding carboxylic acids is 1. The number of alkyl halides is 1. The molecule has 2 heterocycles. The summed E-state index contributed by atoms with van der Waals surface area (Å²) in [6.45, 7) is 5.26. The smallest absolute Gasteiger partial charge is 0.307 e. The normalized spacial score (nSPS) is 11.2. The number of aromatic nitrogens is 4. The van der Waals surface area contributed by atoms with Crippen LogP contribution in [0.5, 0.6) is 0 Å². The van der Waals surface area contributed by atoms with Gasteiger partial charge in [0.05, 0.1) is 19.2 Å². The van der Waals surface area contributed by atoms with E-state index in [4.69, 9.17) is 16.3 Å². The highest BCUT2D eigenvalue weighted by molar-refractivity contribution is 6.17. The number of carbonyl (C=O) groups is 1. The van der Waals surface area contributed by atoms with Gasteiger partial charge in [-0.25, -0.2) is 9.67 Å². The Bertz CT molecular complexity index is 617. The average molecular weight is 299 g/mol. The SMILES string of the molecule is CCn1nc(C)c2nc(CCCl)n(CCC(=O)OC)c21. The number of imidazole rings is 1. The van der Waals surface area contributed by atoms with E-state index in [1.807, 2.05) is 23.1 Å². The van der Waals surface area contributed by atoms with Crippen LogP contribution in [0.1, 0.15) is 24.9 Å². The summed E-state index contributed by atoms with van der Waals surface area (Å²) in [5, 5.41) is 4.46. The number of hydrogen-bond donors (Lipinski definition) is 0. The van der Waals surface area contributed by atoms with Crippen molar-refractivity contribution in [2.75, 3.05) is 13.0 Å². The third kappa shape index (κ3) is 2.65. The zero-order valence-corrected chi connectivity index (χ0v) is 12.8. The van der Waals surface area contributed by atoms with E-state index in [0.717, 1.165) is 29.2 Å². The van der Waals surface area contributed by atoms with Gasteiger partial charge in [-0.05, 0) is 13.8 Å². The Labute approximate surface area is 122 Å². The molecule has 0 aliphatic rings. The number of ether oxygens (including phenoxy) is 1. The summed E-state index contributed by atoms with van der Waals surface area (Å²) in [6.07, 6.45) is 0.978. The molecule has 0 aliphatic carbocycles. The molecule has 2 rings (SSSR count). The Morgan fingerprint density at radius 1 is 1.45 bits per heavy atom. The first kappa shape index (κ1) is 14.8. The minimum atomic E-state index is -0.233. The van der Waals surface area contributed by atoms with Crippen molar-refractivity contribution >= 4 is 28.7 Å². The Hall–Kier alpha value is -1.56.